The SMILES string of the molecule is Cc1cc(S(=O)(=O)N2CCN(CCCS(C)(=O)=O)CC2)c(C)s1. The molecule has 1 aromatic rings. The summed E-state index contributed by atoms with van der Waals surface area (Å²) in [6, 6.07) is 1.74. The first-order valence-electron chi connectivity index (χ1n) is 7.57. The number of sulfone groups is 1. The Morgan fingerprint density at radius 3 is 2.17 bits per heavy atom. The lowest BCUT2D eigenvalue weighted by atomic mass is 10.3. The Morgan fingerprint density at radius 2 is 1.70 bits per heavy atom. The molecule has 1 saturated heterocycles. The maximum absolute atomic E-state index is 12.7. The van der Waals surface area contributed by atoms with Crippen LogP contribution in [0.1, 0.15) is 16.2 Å². The van der Waals surface area contributed by atoms with E-state index in [9.17, 15) is 16.8 Å². The highest BCUT2D eigenvalue weighted by molar-refractivity contribution is 7.90. The van der Waals surface area contributed by atoms with Crippen molar-refractivity contribution < 1.29 is 16.8 Å². The van der Waals surface area contributed by atoms with Crippen LogP contribution in [0.5, 0.6) is 0 Å². The van der Waals surface area contributed by atoms with E-state index in [4.69, 9.17) is 0 Å². The first-order valence-corrected chi connectivity index (χ1v) is 11.9. The quantitative estimate of drug-likeness (QED) is 0.739. The third-order valence-corrected chi connectivity index (χ3v) is 8.08. The maximum atomic E-state index is 12.7. The molecule has 0 aliphatic carbocycles. The summed E-state index contributed by atoms with van der Waals surface area (Å²) < 4.78 is 49.2. The molecule has 0 amide bonds. The number of nitrogens with zero attached hydrogens (tertiary/aromatic N) is 2. The summed E-state index contributed by atoms with van der Waals surface area (Å²) in [7, 11) is -6.35. The van der Waals surface area contributed by atoms with Gasteiger partial charge in [-0.2, -0.15) is 4.31 Å². The number of thiophene rings is 1. The Hall–Kier alpha value is -0.480. The van der Waals surface area contributed by atoms with E-state index in [1.54, 1.807) is 6.07 Å². The highest BCUT2D eigenvalue weighted by atomic mass is 32.2. The van der Waals surface area contributed by atoms with Gasteiger partial charge in [-0.05, 0) is 32.9 Å². The summed E-state index contributed by atoms with van der Waals surface area (Å²) >= 11 is 1.50. The Morgan fingerprint density at radius 1 is 1.09 bits per heavy atom. The number of piperazine rings is 1. The van der Waals surface area contributed by atoms with Gasteiger partial charge >= 0.3 is 0 Å². The maximum Gasteiger partial charge on any atom is 0.244 e. The zero-order valence-electron chi connectivity index (χ0n) is 13.8. The zero-order valence-corrected chi connectivity index (χ0v) is 16.2. The molecule has 2 heterocycles. The second-order valence-corrected chi connectivity index (χ2v) is 11.6. The van der Waals surface area contributed by atoms with Gasteiger partial charge in [0, 0.05) is 42.2 Å². The number of hydrogen-bond donors (Lipinski definition) is 0. The van der Waals surface area contributed by atoms with E-state index in [1.165, 1.54) is 21.9 Å². The van der Waals surface area contributed by atoms with Crippen molar-refractivity contribution in [3.05, 3.63) is 15.8 Å². The van der Waals surface area contributed by atoms with Crippen molar-refractivity contribution in [3.63, 3.8) is 0 Å². The fourth-order valence-corrected chi connectivity index (χ4v) is 6.35. The van der Waals surface area contributed by atoms with E-state index in [-0.39, 0.29) is 5.75 Å². The molecule has 132 valence electrons. The fourth-order valence-electron chi connectivity index (χ4n) is 2.75. The summed E-state index contributed by atoms with van der Waals surface area (Å²) in [5, 5.41) is 0. The number of aryl methyl sites for hydroxylation is 2. The Kier molecular flexibility index (Phi) is 5.89. The van der Waals surface area contributed by atoms with Crippen LogP contribution in [0.15, 0.2) is 11.0 Å². The van der Waals surface area contributed by atoms with E-state index >= 15 is 0 Å². The van der Waals surface area contributed by atoms with Gasteiger partial charge in [0.2, 0.25) is 10.0 Å². The van der Waals surface area contributed by atoms with Gasteiger partial charge < -0.3 is 4.90 Å². The summed E-state index contributed by atoms with van der Waals surface area (Å²) in [6.45, 7) is 6.64. The van der Waals surface area contributed by atoms with Gasteiger partial charge in [-0.15, -0.1) is 11.3 Å². The van der Waals surface area contributed by atoms with Crippen molar-refractivity contribution in [3.8, 4) is 0 Å². The van der Waals surface area contributed by atoms with Gasteiger partial charge in [-0.25, -0.2) is 16.8 Å². The third kappa shape index (κ3) is 4.99. The van der Waals surface area contributed by atoms with E-state index in [0.717, 1.165) is 9.75 Å². The first kappa shape index (κ1) is 18.9. The largest absolute Gasteiger partial charge is 0.301 e. The highest BCUT2D eigenvalue weighted by Crippen LogP contribution is 2.28. The molecule has 1 aliphatic rings. The summed E-state index contributed by atoms with van der Waals surface area (Å²) in [4.78, 5) is 4.38. The average Bonchev–Trinajstić information content (AvgIpc) is 2.77. The molecule has 0 saturated carbocycles. The van der Waals surface area contributed by atoms with E-state index in [1.807, 2.05) is 13.8 Å². The van der Waals surface area contributed by atoms with Crippen LogP contribution in [0.2, 0.25) is 0 Å². The average molecular weight is 381 g/mol. The topological polar surface area (TPSA) is 74.8 Å². The fraction of sp³-hybridized carbons (Fsp3) is 0.714. The molecular formula is C14H24N2O4S3. The van der Waals surface area contributed by atoms with Crippen LogP contribution in [0.3, 0.4) is 0 Å². The normalized spacial score (nSPS) is 18.4. The van der Waals surface area contributed by atoms with Crippen molar-refractivity contribution in [1.29, 1.82) is 0 Å². The molecular weight excluding hydrogens is 356 g/mol. The Balaban J connectivity index is 1.92. The summed E-state index contributed by atoms with van der Waals surface area (Å²) in [5.74, 6) is 0.179. The molecule has 0 radical (unpaired) electrons. The predicted octanol–water partition coefficient (Wildman–Crippen LogP) is 1.11. The van der Waals surface area contributed by atoms with Crippen LogP contribution in [-0.2, 0) is 19.9 Å². The lowest BCUT2D eigenvalue weighted by molar-refractivity contribution is 0.189. The molecule has 1 fully saturated rings. The lowest BCUT2D eigenvalue weighted by Gasteiger charge is -2.33. The van der Waals surface area contributed by atoms with Gasteiger partial charge in [0.25, 0.3) is 0 Å². The van der Waals surface area contributed by atoms with Crippen molar-refractivity contribution in [2.24, 2.45) is 0 Å². The van der Waals surface area contributed by atoms with Crippen molar-refractivity contribution in [1.82, 2.24) is 9.21 Å². The Labute approximate surface area is 143 Å². The molecule has 9 heteroatoms. The molecule has 0 bridgehead atoms. The van der Waals surface area contributed by atoms with Crippen LogP contribution < -0.4 is 0 Å². The second kappa shape index (κ2) is 7.18. The van der Waals surface area contributed by atoms with E-state index in [0.29, 0.717) is 44.0 Å². The van der Waals surface area contributed by atoms with Crippen LogP contribution in [0, 0.1) is 13.8 Å². The van der Waals surface area contributed by atoms with Crippen LogP contribution in [-0.4, -0.2) is 70.8 Å². The molecule has 0 atom stereocenters. The van der Waals surface area contributed by atoms with Gasteiger partial charge in [-0.1, -0.05) is 0 Å². The van der Waals surface area contributed by atoms with Gasteiger partial charge in [0.15, 0.2) is 0 Å². The van der Waals surface area contributed by atoms with Crippen LogP contribution in [0.25, 0.3) is 0 Å². The zero-order chi connectivity index (χ0) is 17.3. The molecule has 1 aromatic heterocycles. The van der Waals surface area contributed by atoms with Gasteiger partial charge in [0.1, 0.15) is 9.84 Å². The summed E-state index contributed by atoms with van der Waals surface area (Å²) in [5.41, 5.74) is 0. The Bertz CT molecular complexity index is 745. The minimum absolute atomic E-state index is 0.179. The first-order chi connectivity index (χ1) is 10.6. The van der Waals surface area contributed by atoms with E-state index in [2.05, 4.69) is 4.90 Å². The molecule has 0 spiro atoms. The van der Waals surface area contributed by atoms with Crippen molar-refractivity contribution >= 4 is 31.2 Å². The van der Waals surface area contributed by atoms with Crippen molar-refractivity contribution in [2.45, 2.75) is 25.2 Å². The third-order valence-electron chi connectivity index (χ3n) is 3.93. The number of rotatable bonds is 6. The molecule has 6 nitrogen and oxygen atoms in total. The predicted molar refractivity (Wildman–Crippen MR) is 93.3 cm³/mol. The number of hydrogen-bond acceptors (Lipinski definition) is 6. The lowest BCUT2D eigenvalue weighted by Crippen LogP contribution is -2.48. The summed E-state index contributed by atoms with van der Waals surface area (Å²) in [6.07, 6.45) is 1.83. The monoisotopic (exact) mass is 380 g/mol. The number of sulfonamides is 1. The molecule has 0 aromatic carbocycles. The molecule has 0 unspecified atom stereocenters. The van der Waals surface area contributed by atoms with Crippen molar-refractivity contribution in [2.75, 3.05) is 44.7 Å². The molecule has 0 N–H and O–H groups in total. The van der Waals surface area contributed by atoms with E-state index < -0.39 is 19.9 Å². The molecule has 2 rings (SSSR count). The van der Waals surface area contributed by atoms with Gasteiger partial charge in [0.05, 0.1) is 10.6 Å². The highest BCUT2D eigenvalue weighted by Gasteiger charge is 2.30. The molecule has 23 heavy (non-hydrogen) atoms. The minimum Gasteiger partial charge on any atom is -0.301 e. The van der Waals surface area contributed by atoms with Crippen LogP contribution >= 0.6 is 11.3 Å². The standard InChI is InChI=1S/C14H24N2O4S3/c1-12-11-14(13(2)21-12)23(19,20)16-8-6-15(7-9-16)5-4-10-22(3,17)18/h11H,4-10H2,1-3H3. The van der Waals surface area contributed by atoms with Gasteiger partial charge in [-0.3, -0.25) is 0 Å². The molecule has 1 aliphatic heterocycles. The second-order valence-electron chi connectivity index (χ2n) is 6.01. The van der Waals surface area contributed by atoms with Crippen LogP contribution in [0.4, 0.5) is 0 Å². The smallest absolute Gasteiger partial charge is 0.244 e. The minimum atomic E-state index is -3.42.